The van der Waals surface area contributed by atoms with Gasteiger partial charge in [0.15, 0.2) is 6.10 Å². The van der Waals surface area contributed by atoms with Crippen molar-refractivity contribution in [1.82, 2.24) is 4.98 Å². The van der Waals surface area contributed by atoms with Crippen LogP contribution in [0.3, 0.4) is 0 Å². The molecule has 5 nitrogen and oxygen atoms in total. The summed E-state index contributed by atoms with van der Waals surface area (Å²) < 4.78 is 4.73. The maximum atomic E-state index is 11.4. The van der Waals surface area contributed by atoms with Gasteiger partial charge in [-0.2, -0.15) is 0 Å². The van der Waals surface area contributed by atoms with Gasteiger partial charge in [-0.05, 0) is 19.1 Å². The summed E-state index contributed by atoms with van der Waals surface area (Å²) in [5.74, 6) is -0.709. The van der Waals surface area contributed by atoms with Gasteiger partial charge in [-0.15, -0.1) is 0 Å². The van der Waals surface area contributed by atoms with Gasteiger partial charge in [0.2, 0.25) is 0 Å². The van der Waals surface area contributed by atoms with Gasteiger partial charge in [0.25, 0.3) is 0 Å². The molecular weight excluding hydrogens is 222 g/mol. The summed E-state index contributed by atoms with van der Waals surface area (Å²) in [5, 5.41) is 20.0. The number of aliphatic hydroxyl groups is 1. The highest BCUT2D eigenvalue weighted by molar-refractivity contribution is 5.93. The summed E-state index contributed by atoms with van der Waals surface area (Å²) >= 11 is 0. The number of ether oxygens (including phenoxy) is 1. The van der Waals surface area contributed by atoms with Gasteiger partial charge in [0, 0.05) is 22.7 Å². The molecule has 0 radical (unpaired) electrons. The number of phenolic OH excluding ortho intramolecular Hbond substituents is 1. The molecule has 0 saturated heterocycles. The Balaban J connectivity index is 2.45. The van der Waals surface area contributed by atoms with E-state index in [0.29, 0.717) is 16.5 Å². The summed E-state index contributed by atoms with van der Waals surface area (Å²) in [6, 6.07) is 4.92. The maximum Gasteiger partial charge on any atom is 0.339 e. The summed E-state index contributed by atoms with van der Waals surface area (Å²) in [6.45, 7) is 1.86. The van der Waals surface area contributed by atoms with Crippen LogP contribution in [0.1, 0.15) is 18.6 Å². The van der Waals surface area contributed by atoms with E-state index >= 15 is 0 Å². The minimum absolute atomic E-state index is 0.0158. The van der Waals surface area contributed by atoms with Crippen LogP contribution in [0.4, 0.5) is 0 Å². The van der Waals surface area contributed by atoms with Crippen molar-refractivity contribution in [3.63, 3.8) is 0 Å². The van der Waals surface area contributed by atoms with E-state index in [4.69, 9.17) is 4.74 Å². The van der Waals surface area contributed by atoms with Crippen molar-refractivity contribution in [2.45, 2.75) is 13.0 Å². The van der Waals surface area contributed by atoms with Crippen LogP contribution in [0.5, 0.6) is 5.75 Å². The Morgan fingerprint density at radius 1 is 1.53 bits per heavy atom. The fourth-order valence-electron chi connectivity index (χ4n) is 1.76. The van der Waals surface area contributed by atoms with Crippen molar-refractivity contribution < 1.29 is 19.7 Å². The van der Waals surface area contributed by atoms with Gasteiger partial charge < -0.3 is 19.9 Å². The summed E-state index contributed by atoms with van der Waals surface area (Å²) in [4.78, 5) is 14.3. The first-order valence-electron chi connectivity index (χ1n) is 5.28. The molecule has 2 aromatic rings. The molecule has 3 N–H and O–H groups in total. The Morgan fingerprint density at radius 3 is 3.00 bits per heavy atom. The molecule has 2 rings (SSSR count). The van der Waals surface area contributed by atoms with E-state index in [1.54, 1.807) is 19.1 Å². The van der Waals surface area contributed by atoms with Crippen LogP contribution in [-0.2, 0) is 9.53 Å². The van der Waals surface area contributed by atoms with Gasteiger partial charge in [-0.3, -0.25) is 0 Å². The van der Waals surface area contributed by atoms with Crippen molar-refractivity contribution in [3.8, 4) is 5.75 Å². The van der Waals surface area contributed by atoms with Crippen molar-refractivity contribution in [3.05, 3.63) is 30.0 Å². The molecule has 0 fully saturated rings. The normalized spacial score (nSPS) is 12.6. The Labute approximate surface area is 97.6 Å². The Hall–Kier alpha value is -2.01. The monoisotopic (exact) mass is 235 g/mol. The number of aromatic amines is 1. The molecule has 0 amide bonds. The van der Waals surface area contributed by atoms with E-state index in [9.17, 15) is 15.0 Å². The lowest BCUT2D eigenvalue weighted by Crippen LogP contribution is -2.14. The lowest BCUT2D eigenvalue weighted by atomic mass is 10.1. The van der Waals surface area contributed by atoms with E-state index in [-0.39, 0.29) is 12.4 Å². The highest BCUT2D eigenvalue weighted by Crippen LogP contribution is 2.31. The number of carbonyl (C=O) groups excluding carboxylic acids is 1. The first-order valence-corrected chi connectivity index (χ1v) is 5.28. The number of hydrogen-bond donors (Lipinski definition) is 3. The van der Waals surface area contributed by atoms with Gasteiger partial charge in [0.05, 0.1) is 6.61 Å². The Kier molecular flexibility index (Phi) is 3.01. The largest absolute Gasteiger partial charge is 0.507 e. The first-order chi connectivity index (χ1) is 8.15. The van der Waals surface area contributed by atoms with Crippen LogP contribution in [0.2, 0.25) is 0 Å². The smallest absolute Gasteiger partial charge is 0.339 e. The zero-order chi connectivity index (χ0) is 12.4. The number of aromatic nitrogens is 1. The maximum absolute atomic E-state index is 11.4. The zero-order valence-corrected chi connectivity index (χ0v) is 9.30. The summed E-state index contributed by atoms with van der Waals surface area (Å²) in [7, 11) is 0. The molecular formula is C12H13NO4. The van der Waals surface area contributed by atoms with Crippen LogP contribution in [-0.4, -0.2) is 27.8 Å². The minimum Gasteiger partial charge on any atom is -0.507 e. The van der Waals surface area contributed by atoms with Gasteiger partial charge >= 0.3 is 5.97 Å². The number of aromatic hydroxyl groups is 1. The SMILES string of the molecule is CCOC(=O)C(O)c1c[nH]c2cccc(O)c12. The third kappa shape index (κ3) is 1.97. The van der Waals surface area contributed by atoms with Crippen molar-refractivity contribution >= 4 is 16.9 Å². The van der Waals surface area contributed by atoms with Gasteiger partial charge in [-0.25, -0.2) is 4.79 Å². The molecule has 0 aliphatic rings. The van der Waals surface area contributed by atoms with E-state index in [0.717, 1.165) is 0 Å². The molecule has 17 heavy (non-hydrogen) atoms. The molecule has 1 heterocycles. The molecule has 0 saturated carbocycles. The second-order valence-electron chi connectivity index (χ2n) is 3.60. The molecule has 5 heteroatoms. The molecule has 90 valence electrons. The number of nitrogens with one attached hydrogen (secondary N) is 1. The number of fused-ring (bicyclic) bond motifs is 1. The van der Waals surface area contributed by atoms with Crippen LogP contribution >= 0.6 is 0 Å². The quantitative estimate of drug-likeness (QED) is 0.703. The Bertz CT molecular complexity index is 546. The van der Waals surface area contributed by atoms with Crippen LogP contribution in [0.15, 0.2) is 24.4 Å². The number of esters is 1. The predicted molar refractivity (Wildman–Crippen MR) is 61.6 cm³/mol. The Morgan fingerprint density at radius 2 is 2.29 bits per heavy atom. The molecule has 0 bridgehead atoms. The fraction of sp³-hybridized carbons (Fsp3) is 0.250. The van der Waals surface area contributed by atoms with Crippen molar-refractivity contribution in [2.24, 2.45) is 0 Å². The number of hydrogen-bond acceptors (Lipinski definition) is 4. The van der Waals surface area contributed by atoms with E-state index in [2.05, 4.69) is 4.98 Å². The van der Waals surface area contributed by atoms with Crippen molar-refractivity contribution in [2.75, 3.05) is 6.61 Å². The van der Waals surface area contributed by atoms with Crippen molar-refractivity contribution in [1.29, 1.82) is 0 Å². The number of carbonyl (C=O) groups is 1. The third-order valence-corrected chi connectivity index (χ3v) is 2.52. The topological polar surface area (TPSA) is 82.5 Å². The first kappa shape index (κ1) is 11.5. The summed E-state index contributed by atoms with van der Waals surface area (Å²) in [6.07, 6.45) is 0.100. The lowest BCUT2D eigenvalue weighted by molar-refractivity contribution is -0.153. The number of H-pyrrole nitrogens is 1. The standard InChI is InChI=1S/C12H13NO4/c1-2-17-12(16)11(15)7-6-13-8-4-3-5-9(14)10(7)8/h3-6,11,13-15H,2H2,1H3. The van der Waals surface area contributed by atoms with E-state index in [1.807, 2.05) is 0 Å². The number of phenols is 1. The molecule has 0 aliphatic carbocycles. The predicted octanol–water partition coefficient (Wildman–Crippen LogP) is 1.47. The van der Waals surface area contributed by atoms with Crippen LogP contribution < -0.4 is 0 Å². The number of aliphatic hydroxyl groups excluding tert-OH is 1. The van der Waals surface area contributed by atoms with Crippen LogP contribution in [0.25, 0.3) is 10.9 Å². The second kappa shape index (κ2) is 4.47. The van der Waals surface area contributed by atoms with Gasteiger partial charge in [0.1, 0.15) is 5.75 Å². The molecule has 1 unspecified atom stereocenters. The number of rotatable bonds is 3. The summed E-state index contributed by atoms with van der Waals surface area (Å²) in [5.41, 5.74) is 0.972. The average Bonchev–Trinajstić information content (AvgIpc) is 2.73. The fourth-order valence-corrected chi connectivity index (χ4v) is 1.76. The highest BCUT2D eigenvalue weighted by atomic mass is 16.5. The highest BCUT2D eigenvalue weighted by Gasteiger charge is 2.23. The molecule has 0 spiro atoms. The molecule has 0 aliphatic heterocycles. The second-order valence-corrected chi connectivity index (χ2v) is 3.60. The van der Waals surface area contributed by atoms with Crippen LogP contribution in [0, 0.1) is 0 Å². The molecule has 1 atom stereocenters. The number of benzene rings is 1. The van der Waals surface area contributed by atoms with Gasteiger partial charge in [-0.1, -0.05) is 6.07 Å². The zero-order valence-electron chi connectivity index (χ0n) is 9.30. The van der Waals surface area contributed by atoms with E-state index < -0.39 is 12.1 Å². The minimum atomic E-state index is -1.39. The van der Waals surface area contributed by atoms with E-state index in [1.165, 1.54) is 12.3 Å². The average molecular weight is 235 g/mol. The lowest BCUT2D eigenvalue weighted by Gasteiger charge is -2.08. The third-order valence-electron chi connectivity index (χ3n) is 2.52. The molecule has 1 aromatic carbocycles. The molecule has 1 aromatic heterocycles.